The Morgan fingerprint density at radius 2 is 1.88 bits per heavy atom. The van der Waals surface area contributed by atoms with E-state index in [0.29, 0.717) is 12.1 Å². The van der Waals surface area contributed by atoms with Crippen molar-refractivity contribution in [2.24, 2.45) is 11.8 Å². The van der Waals surface area contributed by atoms with Gasteiger partial charge in [-0.15, -0.1) is 0 Å². The summed E-state index contributed by atoms with van der Waals surface area (Å²) in [5, 5.41) is 43.8. The van der Waals surface area contributed by atoms with Gasteiger partial charge in [0.1, 0.15) is 23.9 Å². The predicted molar refractivity (Wildman–Crippen MR) is 190 cm³/mol. The molecule has 0 amide bonds. The fraction of sp³-hybridized carbons (Fsp3) is 0.632. The van der Waals surface area contributed by atoms with Crippen LogP contribution < -0.4 is 5.32 Å². The highest BCUT2D eigenvalue weighted by Crippen LogP contribution is 2.39. The molecule has 11 atom stereocenters. The summed E-state index contributed by atoms with van der Waals surface area (Å²) in [6.07, 6.45) is 9.85. The van der Waals surface area contributed by atoms with Crippen molar-refractivity contribution in [1.82, 2.24) is 10.3 Å². The number of nitrogens with zero attached hydrogens (tertiary/aromatic N) is 1. The predicted octanol–water partition coefficient (Wildman–Crippen LogP) is 3.65. The van der Waals surface area contributed by atoms with E-state index < -0.39 is 47.5 Å². The average molecular weight is 719 g/mol. The zero-order chi connectivity index (χ0) is 38.4. The van der Waals surface area contributed by atoms with Gasteiger partial charge in [0.15, 0.2) is 0 Å². The summed E-state index contributed by atoms with van der Waals surface area (Å²) in [7, 11) is 1.70. The van der Waals surface area contributed by atoms with Gasteiger partial charge in [-0.25, -0.2) is 0 Å². The average Bonchev–Trinajstić information content (AvgIpc) is 3.85. The molecule has 13 heteroatoms. The maximum atomic E-state index is 12.9. The Morgan fingerprint density at radius 3 is 2.47 bits per heavy atom. The normalized spacial score (nSPS) is 30.9. The standard InChI is InChI=1S/C37H56N2O9.CH2O2/c1-9-29(45-8)25(4)33-34(48-33)35(39-22-27-15-19-38-20-16-27)37(7,44)17-10-11-23(2)32-24(3)12-13-30(46-26(5)40)36(6,43)18-14-28(41)21-31(42)47-32;2-1-3/h10-13,15-17,19-20,24-25,28-30,32-35,39,41,43-44H,9,14,18,21-22H2,1-8H3;1H,(H,2,3)/b13-12+,17-10+,23-11+;/t24-,25+,28+,29-,30-,32-,33+,34-,35?,36+,37?;/m0./s1. The minimum atomic E-state index is -1.45. The van der Waals surface area contributed by atoms with E-state index in [4.69, 9.17) is 28.8 Å². The number of carboxylic acid groups (broad SMARTS) is 1. The van der Waals surface area contributed by atoms with Gasteiger partial charge in [-0.2, -0.15) is 0 Å². The molecule has 3 heterocycles. The summed E-state index contributed by atoms with van der Waals surface area (Å²) in [6, 6.07) is 3.38. The Labute approximate surface area is 301 Å². The molecule has 13 nitrogen and oxygen atoms in total. The molecule has 1 aromatic heterocycles. The highest BCUT2D eigenvalue weighted by atomic mass is 16.6. The number of pyridine rings is 1. The molecule has 0 bridgehead atoms. The maximum Gasteiger partial charge on any atom is 0.309 e. The number of carbonyl (C=O) groups excluding carboxylic acids is 2. The van der Waals surface area contributed by atoms with Crippen molar-refractivity contribution < 1.29 is 53.8 Å². The van der Waals surface area contributed by atoms with Crippen molar-refractivity contribution in [3.63, 3.8) is 0 Å². The second-order valence-corrected chi connectivity index (χ2v) is 13.9. The quantitative estimate of drug-likeness (QED) is 0.0652. The van der Waals surface area contributed by atoms with Crippen molar-refractivity contribution in [3.05, 3.63) is 66.0 Å². The summed E-state index contributed by atoms with van der Waals surface area (Å²) >= 11 is 0. The number of esters is 2. The van der Waals surface area contributed by atoms with Gasteiger partial charge in [-0.3, -0.25) is 19.4 Å². The molecular weight excluding hydrogens is 660 g/mol. The number of methoxy groups -OCH3 is 1. The third-order valence-corrected chi connectivity index (χ3v) is 9.46. The topological polar surface area (TPSA) is 197 Å². The van der Waals surface area contributed by atoms with Crippen LogP contribution in [0.5, 0.6) is 0 Å². The Bertz CT molecular complexity index is 1330. The molecule has 1 fully saturated rings. The smallest absolute Gasteiger partial charge is 0.309 e. The van der Waals surface area contributed by atoms with Crippen molar-refractivity contribution in [1.29, 1.82) is 0 Å². The number of ether oxygens (including phenoxy) is 4. The number of aliphatic hydroxyl groups excluding tert-OH is 1. The molecule has 0 spiro atoms. The van der Waals surface area contributed by atoms with Crippen LogP contribution in [0.25, 0.3) is 0 Å². The minimum Gasteiger partial charge on any atom is -0.483 e. The van der Waals surface area contributed by atoms with Crippen LogP contribution in [0.15, 0.2) is 60.5 Å². The van der Waals surface area contributed by atoms with Crippen molar-refractivity contribution in [2.45, 2.75) is 135 Å². The number of carbonyl (C=O) groups is 3. The maximum absolute atomic E-state index is 12.9. The first-order valence-electron chi connectivity index (χ1n) is 17.4. The van der Waals surface area contributed by atoms with E-state index in [-0.39, 0.29) is 55.9 Å². The van der Waals surface area contributed by atoms with Crippen LogP contribution in [-0.4, -0.2) is 105 Å². The van der Waals surface area contributed by atoms with E-state index in [1.54, 1.807) is 63.7 Å². The molecule has 3 rings (SSSR count). The highest BCUT2D eigenvalue weighted by molar-refractivity contribution is 5.70. The number of hydrogen-bond acceptors (Lipinski definition) is 12. The first-order chi connectivity index (χ1) is 24.0. The molecule has 5 N–H and O–H groups in total. The van der Waals surface area contributed by atoms with Crippen LogP contribution in [0.1, 0.15) is 79.7 Å². The highest BCUT2D eigenvalue weighted by Gasteiger charge is 2.54. The molecule has 0 saturated carbocycles. The minimum absolute atomic E-state index is 0.0353. The van der Waals surface area contributed by atoms with Crippen LogP contribution in [0.4, 0.5) is 0 Å². The van der Waals surface area contributed by atoms with Gasteiger partial charge in [0.25, 0.3) is 6.47 Å². The molecule has 0 aliphatic carbocycles. The first kappa shape index (κ1) is 43.7. The number of aliphatic hydroxyl groups is 3. The Kier molecular flexibility index (Phi) is 17.6. The van der Waals surface area contributed by atoms with Gasteiger partial charge in [-0.05, 0) is 69.4 Å². The van der Waals surface area contributed by atoms with E-state index in [0.717, 1.165) is 12.0 Å². The van der Waals surface area contributed by atoms with Crippen LogP contribution in [-0.2, 0) is 39.9 Å². The van der Waals surface area contributed by atoms with Gasteiger partial charge in [0.05, 0.1) is 36.4 Å². The summed E-state index contributed by atoms with van der Waals surface area (Å²) in [6.45, 7) is 12.7. The summed E-state index contributed by atoms with van der Waals surface area (Å²) in [5.41, 5.74) is -1.07. The summed E-state index contributed by atoms with van der Waals surface area (Å²) in [5.74, 6) is -1.36. The van der Waals surface area contributed by atoms with Gasteiger partial charge < -0.3 is 44.7 Å². The lowest BCUT2D eigenvalue weighted by Gasteiger charge is -2.32. The number of allylic oxidation sites excluding steroid dienone is 2. The van der Waals surface area contributed by atoms with Gasteiger partial charge >= 0.3 is 11.9 Å². The van der Waals surface area contributed by atoms with Crippen LogP contribution in [0.2, 0.25) is 0 Å². The summed E-state index contributed by atoms with van der Waals surface area (Å²) in [4.78, 5) is 37.1. The van der Waals surface area contributed by atoms with Crippen LogP contribution in [0, 0.1) is 11.8 Å². The Morgan fingerprint density at radius 1 is 1.24 bits per heavy atom. The third kappa shape index (κ3) is 13.9. The van der Waals surface area contributed by atoms with Crippen molar-refractivity contribution >= 4 is 18.4 Å². The van der Waals surface area contributed by atoms with Crippen LogP contribution >= 0.6 is 0 Å². The zero-order valence-electron chi connectivity index (χ0n) is 31.1. The molecule has 51 heavy (non-hydrogen) atoms. The van der Waals surface area contributed by atoms with Gasteiger partial charge in [0.2, 0.25) is 0 Å². The second-order valence-electron chi connectivity index (χ2n) is 13.9. The van der Waals surface area contributed by atoms with Gasteiger partial charge in [-0.1, -0.05) is 45.1 Å². The number of hydrogen-bond donors (Lipinski definition) is 5. The molecule has 0 radical (unpaired) electrons. The fourth-order valence-electron chi connectivity index (χ4n) is 6.40. The largest absolute Gasteiger partial charge is 0.483 e. The Hall–Kier alpha value is -3.46. The fourth-order valence-corrected chi connectivity index (χ4v) is 6.40. The first-order valence-corrected chi connectivity index (χ1v) is 17.4. The summed E-state index contributed by atoms with van der Waals surface area (Å²) < 4.78 is 23.1. The molecule has 2 aliphatic heterocycles. The number of aromatic nitrogens is 1. The molecule has 2 aliphatic rings. The zero-order valence-corrected chi connectivity index (χ0v) is 31.1. The van der Waals surface area contributed by atoms with E-state index in [2.05, 4.69) is 24.1 Å². The molecule has 0 aromatic carbocycles. The lowest BCUT2D eigenvalue weighted by molar-refractivity contribution is -0.157. The number of cyclic esters (lactones) is 1. The molecule has 2 unspecified atom stereocenters. The van der Waals surface area contributed by atoms with Gasteiger partial charge in [0, 0.05) is 44.8 Å². The SMILES string of the molecule is CC[C@H](OC)[C@@H](C)[C@H]1O[C@@H]1C(NCc1ccncc1)C(C)(O)/C=C/C=C(\C)[C@@H]1OC(=O)C[C@H](O)CC[C@@](C)(O)[C@@H](OC(C)=O)/C=C/[C@@H]1C.O=CO. The van der Waals surface area contributed by atoms with Crippen LogP contribution in [0.3, 0.4) is 0 Å². The molecule has 1 aromatic rings. The molecule has 286 valence electrons. The molecular formula is C38H58N2O11. The number of nitrogens with one attached hydrogen (secondary N) is 1. The monoisotopic (exact) mass is 718 g/mol. The lowest BCUT2D eigenvalue weighted by atomic mass is 9.87. The number of epoxide rings is 1. The third-order valence-electron chi connectivity index (χ3n) is 9.46. The van der Waals surface area contributed by atoms with Crippen molar-refractivity contribution in [3.8, 4) is 0 Å². The van der Waals surface area contributed by atoms with E-state index in [9.17, 15) is 24.9 Å². The van der Waals surface area contributed by atoms with E-state index >= 15 is 0 Å². The lowest BCUT2D eigenvalue weighted by Crippen LogP contribution is -2.52. The van der Waals surface area contributed by atoms with Crippen molar-refractivity contribution in [2.75, 3.05) is 7.11 Å². The number of rotatable bonds is 13. The second kappa shape index (κ2) is 20.5. The van der Waals surface area contributed by atoms with E-state index in [1.807, 2.05) is 26.0 Å². The van der Waals surface area contributed by atoms with E-state index in [1.165, 1.54) is 6.92 Å². The Balaban J connectivity index is 0.00000290. The molecule has 1 saturated heterocycles.